The van der Waals surface area contributed by atoms with E-state index in [1.807, 2.05) is 0 Å². The zero-order chi connectivity index (χ0) is 7.82. The Labute approximate surface area is 61.9 Å². The van der Waals surface area contributed by atoms with Gasteiger partial charge >= 0.3 is 6.41 Å². The minimum atomic E-state index is 0.647. The van der Waals surface area contributed by atoms with Crippen molar-refractivity contribution in [3.8, 4) is 0 Å². The Kier molecular flexibility index (Phi) is 6.18. The molecule has 0 atom stereocenters. The summed E-state index contributed by atoms with van der Waals surface area (Å²) in [5.74, 6) is 0. The molecule has 0 N–H and O–H groups in total. The fraction of sp³-hybridized carbons (Fsp3) is 0.857. The van der Waals surface area contributed by atoms with E-state index in [-0.39, 0.29) is 0 Å². The van der Waals surface area contributed by atoms with Crippen molar-refractivity contribution in [1.29, 1.82) is 0 Å². The molecule has 0 saturated heterocycles. The summed E-state index contributed by atoms with van der Waals surface area (Å²) >= 11 is 0. The van der Waals surface area contributed by atoms with Gasteiger partial charge < -0.3 is 0 Å². The summed E-state index contributed by atoms with van der Waals surface area (Å²) in [6, 6.07) is 0. The average Bonchev–Trinajstić information content (AvgIpc) is 1.99. The van der Waals surface area contributed by atoms with Gasteiger partial charge in [-0.1, -0.05) is 19.8 Å². The van der Waals surface area contributed by atoms with Gasteiger partial charge in [0.25, 0.3) is 0 Å². The van der Waals surface area contributed by atoms with E-state index in [4.69, 9.17) is 0 Å². The first-order valence-corrected chi connectivity index (χ1v) is 3.54. The Morgan fingerprint density at radius 3 is 2.60 bits per heavy atom. The fourth-order valence-corrected chi connectivity index (χ4v) is 0.680. The number of carbonyl (C=O) groups excluding carboxylic acids is 1. The molecule has 0 fully saturated rings. The van der Waals surface area contributed by atoms with E-state index in [0.717, 1.165) is 19.3 Å². The zero-order valence-electron chi connectivity index (χ0n) is 6.59. The molecular formula is C7H14NO2. The van der Waals surface area contributed by atoms with Gasteiger partial charge in [-0.3, -0.25) is 9.63 Å². The highest BCUT2D eigenvalue weighted by Crippen LogP contribution is 1.95. The van der Waals surface area contributed by atoms with Crippen LogP contribution in [-0.2, 0) is 9.63 Å². The molecule has 0 unspecified atom stereocenters. The maximum Gasteiger partial charge on any atom is 0.337 e. The van der Waals surface area contributed by atoms with Crippen LogP contribution < -0.4 is 0 Å². The third-order valence-corrected chi connectivity index (χ3v) is 1.29. The molecule has 0 aliphatic heterocycles. The molecule has 10 heavy (non-hydrogen) atoms. The van der Waals surface area contributed by atoms with Crippen LogP contribution in [0.25, 0.3) is 0 Å². The van der Waals surface area contributed by atoms with Gasteiger partial charge in [-0.2, -0.15) is 0 Å². The lowest BCUT2D eigenvalue weighted by atomic mass is 10.2. The highest BCUT2D eigenvalue weighted by atomic mass is 16.7. The van der Waals surface area contributed by atoms with E-state index in [1.54, 1.807) is 6.41 Å². The monoisotopic (exact) mass is 144 g/mol. The van der Waals surface area contributed by atoms with Crippen LogP contribution in [0.5, 0.6) is 0 Å². The largest absolute Gasteiger partial charge is 0.337 e. The summed E-state index contributed by atoms with van der Waals surface area (Å²) < 4.78 is 0. The lowest BCUT2D eigenvalue weighted by Gasteiger charge is -2.10. The Bertz CT molecular complexity index is 85.7. The van der Waals surface area contributed by atoms with Crippen LogP contribution in [0.3, 0.4) is 0 Å². The molecule has 0 saturated carbocycles. The zero-order valence-corrected chi connectivity index (χ0v) is 6.59. The minimum Gasteiger partial charge on any atom is -0.274 e. The van der Waals surface area contributed by atoms with Crippen LogP contribution in [0.15, 0.2) is 0 Å². The van der Waals surface area contributed by atoms with Crippen LogP contribution in [0.2, 0.25) is 0 Å². The number of nitrogens with zero attached hydrogens (tertiary/aromatic N) is 1. The lowest BCUT2D eigenvalue weighted by Crippen LogP contribution is -2.21. The molecule has 0 aliphatic rings. The molecule has 0 heterocycles. The van der Waals surface area contributed by atoms with E-state index < -0.39 is 0 Å². The third kappa shape index (κ3) is 4.32. The van der Waals surface area contributed by atoms with Gasteiger partial charge in [0.05, 0.1) is 7.11 Å². The molecule has 0 aliphatic carbocycles. The van der Waals surface area contributed by atoms with Gasteiger partial charge in [0, 0.05) is 6.54 Å². The first-order valence-electron chi connectivity index (χ1n) is 3.54. The average molecular weight is 144 g/mol. The summed E-state index contributed by atoms with van der Waals surface area (Å²) in [6.07, 6.45) is 4.93. The molecule has 1 amide bonds. The predicted octanol–water partition coefficient (Wildman–Crippen LogP) is 1.11. The molecule has 0 rings (SSSR count). The standard InChI is InChI=1S/C7H14NO2/c1-3-4-5-6-8(7-9)10-2/h3-6H2,1-2H3. The number of rotatable bonds is 6. The van der Waals surface area contributed by atoms with Gasteiger partial charge in [-0.25, -0.2) is 5.06 Å². The van der Waals surface area contributed by atoms with Crippen LogP contribution in [0, 0.1) is 0 Å². The third-order valence-electron chi connectivity index (χ3n) is 1.29. The molecule has 3 heteroatoms. The SMILES string of the molecule is CCCCCN([C]=O)OC. The van der Waals surface area contributed by atoms with Crippen molar-refractivity contribution in [1.82, 2.24) is 5.06 Å². The summed E-state index contributed by atoms with van der Waals surface area (Å²) in [5.41, 5.74) is 0. The molecule has 3 nitrogen and oxygen atoms in total. The smallest absolute Gasteiger partial charge is 0.274 e. The van der Waals surface area contributed by atoms with E-state index in [1.165, 1.54) is 12.2 Å². The minimum absolute atomic E-state index is 0.647. The molecule has 0 spiro atoms. The van der Waals surface area contributed by atoms with Gasteiger partial charge in [0.15, 0.2) is 0 Å². The van der Waals surface area contributed by atoms with Gasteiger partial charge in [-0.05, 0) is 6.42 Å². The molecule has 0 aromatic carbocycles. The second kappa shape index (κ2) is 6.55. The Morgan fingerprint density at radius 1 is 1.50 bits per heavy atom. The molecule has 1 radical (unpaired) electrons. The van der Waals surface area contributed by atoms with E-state index in [9.17, 15) is 4.79 Å². The van der Waals surface area contributed by atoms with Crippen LogP contribution >= 0.6 is 0 Å². The molecule has 0 bridgehead atoms. The van der Waals surface area contributed by atoms with Crippen molar-refractivity contribution < 1.29 is 9.63 Å². The summed E-state index contributed by atoms with van der Waals surface area (Å²) in [5, 5.41) is 1.18. The number of hydrogen-bond donors (Lipinski definition) is 0. The summed E-state index contributed by atoms with van der Waals surface area (Å²) in [7, 11) is 1.47. The topological polar surface area (TPSA) is 29.5 Å². The van der Waals surface area contributed by atoms with Crippen molar-refractivity contribution >= 4 is 6.41 Å². The molecule has 0 aromatic rings. The molecular weight excluding hydrogens is 130 g/mol. The van der Waals surface area contributed by atoms with Crippen molar-refractivity contribution in [3.63, 3.8) is 0 Å². The second-order valence-corrected chi connectivity index (χ2v) is 2.08. The molecule has 0 aromatic heterocycles. The maximum atomic E-state index is 10.0. The van der Waals surface area contributed by atoms with Crippen molar-refractivity contribution in [2.75, 3.05) is 13.7 Å². The number of hydroxylamine groups is 2. The van der Waals surface area contributed by atoms with Crippen LogP contribution in [-0.4, -0.2) is 25.1 Å². The van der Waals surface area contributed by atoms with Gasteiger partial charge in [0.1, 0.15) is 0 Å². The Morgan fingerprint density at radius 2 is 2.20 bits per heavy atom. The first-order chi connectivity index (χ1) is 4.85. The lowest BCUT2D eigenvalue weighted by molar-refractivity contribution is -0.0668. The normalized spacial score (nSPS) is 9.40. The van der Waals surface area contributed by atoms with E-state index in [2.05, 4.69) is 11.8 Å². The van der Waals surface area contributed by atoms with Gasteiger partial charge in [-0.15, -0.1) is 0 Å². The van der Waals surface area contributed by atoms with E-state index >= 15 is 0 Å². The van der Waals surface area contributed by atoms with Crippen LogP contribution in [0.4, 0.5) is 0 Å². The van der Waals surface area contributed by atoms with Crippen molar-refractivity contribution in [3.05, 3.63) is 0 Å². The highest BCUT2D eigenvalue weighted by molar-refractivity contribution is 5.45. The van der Waals surface area contributed by atoms with Crippen LogP contribution in [0.1, 0.15) is 26.2 Å². The fourth-order valence-electron chi connectivity index (χ4n) is 0.680. The number of unbranched alkanes of at least 4 members (excludes halogenated alkanes) is 2. The number of amides is 1. The van der Waals surface area contributed by atoms with Crippen molar-refractivity contribution in [2.45, 2.75) is 26.2 Å². The summed E-state index contributed by atoms with van der Waals surface area (Å²) in [6.45, 7) is 2.76. The highest BCUT2D eigenvalue weighted by Gasteiger charge is 1.97. The Balaban J connectivity index is 3.17. The van der Waals surface area contributed by atoms with Crippen molar-refractivity contribution in [2.24, 2.45) is 0 Å². The summed E-state index contributed by atoms with van der Waals surface area (Å²) in [4.78, 5) is 14.7. The van der Waals surface area contributed by atoms with E-state index in [0.29, 0.717) is 6.54 Å². The molecule has 59 valence electrons. The van der Waals surface area contributed by atoms with Gasteiger partial charge in [0.2, 0.25) is 0 Å². The maximum absolute atomic E-state index is 10.0. The Hall–Kier alpha value is -0.570. The number of hydrogen-bond acceptors (Lipinski definition) is 2. The predicted molar refractivity (Wildman–Crippen MR) is 38.9 cm³/mol. The first kappa shape index (κ1) is 9.43. The quantitative estimate of drug-likeness (QED) is 0.317. The second-order valence-electron chi connectivity index (χ2n) is 2.08.